The number of carbonyl (C=O) groups excluding carboxylic acids is 2. The molecule has 0 saturated heterocycles. The van der Waals surface area contributed by atoms with Crippen molar-refractivity contribution in [2.24, 2.45) is 0 Å². The van der Waals surface area contributed by atoms with Crippen LogP contribution in [0.25, 0.3) is 0 Å². The molecule has 0 heterocycles. The summed E-state index contributed by atoms with van der Waals surface area (Å²) in [6.45, 7) is -1.21. The van der Waals surface area contributed by atoms with E-state index in [1.165, 1.54) is 0 Å². The summed E-state index contributed by atoms with van der Waals surface area (Å²) in [5.74, 6) is -5.33. The van der Waals surface area contributed by atoms with Gasteiger partial charge in [0.05, 0.1) is 6.54 Å². The van der Waals surface area contributed by atoms with E-state index in [0.29, 0.717) is 0 Å². The van der Waals surface area contributed by atoms with Crippen molar-refractivity contribution in [3.63, 3.8) is 0 Å². The molecule has 0 aromatic heterocycles. The second-order valence-corrected chi connectivity index (χ2v) is 4.51. The van der Waals surface area contributed by atoms with Crippen LogP contribution in [0.4, 0.5) is 8.78 Å². The molecular weight excluding hydrogens is 342 g/mol. The molecule has 0 atom stereocenters. The number of carboxylic acids is 1. The summed E-state index contributed by atoms with van der Waals surface area (Å²) in [5.41, 5.74) is -0.820. The van der Waals surface area contributed by atoms with E-state index in [2.05, 4.69) is 15.9 Å². The third kappa shape index (κ3) is 4.57. The van der Waals surface area contributed by atoms with Gasteiger partial charge >= 0.3 is 5.97 Å². The maximum Gasteiger partial charge on any atom is 0.322 e. The molecule has 0 unspecified atom stereocenters. The molecule has 9 heteroatoms. The quantitative estimate of drug-likeness (QED) is 0.726. The third-order valence-electron chi connectivity index (χ3n) is 2.08. The van der Waals surface area contributed by atoms with Crippen LogP contribution < -0.4 is 10.6 Å². The molecule has 2 amide bonds. The predicted octanol–water partition coefficient (Wildman–Crippen LogP) is 0.658. The monoisotopic (exact) mass is 350 g/mol. The van der Waals surface area contributed by atoms with Crippen molar-refractivity contribution < 1.29 is 28.3 Å². The Morgan fingerprint density at radius 2 is 1.65 bits per heavy atom. The molecule has 108 valence electrons. The molecule has 1 rings (SSSR count). The molecule has 3 N–H and O–H groups in total. The Morgan fingerprint density at radius 3 is 2.15 bits per heavy atom. The normalized spacial score (nSPS) is 9.95. The summed E-state index contributed by atoms with van der Waals surface area (Å²) < 4.78 is 27.0. The number of nitrogens with one attached hydrogen (secondary N) is 2. The lowest BCUT2D eigenvalue weighted by molar-refractivity contribution is -0.137. The van der Waals surface area contributed by atoms with Gasteiger partial charge in [0.15, 0.2) is 0 Å². The standard InChI is InChI=1S/C11H9BrF2N2O4/c12-5-1-6(13)10(7(14)2-5)11(20)16-3-8(17)15-4-9(18)19/h1-2H,3-4H2,(H,15,17)(H,16,20)(H,18,19). The van der Waals surface area contributed by atoms with E-state index in [9.17, 15) is 23.2 Å². The Morgan fingerprint density at radius 1 is 1.10 bits per heavy atom. The lowest BCUT2D eigenvalue weighted by Crippen LogP contribution is -2.39. The number of benzene rings is 1. The topological polar surface area (TPSA) is 95.5 Å². The predicted molar refractivity (Wildman–Crippen MR) is 67.0 cm³/mol. The van der Waals surface area contributed by atoms with Crippen LogP contribution in [0.15, 0.2) is 16.6 Å². The molecule has 0 spiro atoms. The fourth-order valence-electron chi connectivity index (χ4n) is 1.24. The molecule has 1 aromatic rings. The number of amides is 2. The highest BCUT2D eigenvalue weighted by Crippen LogP contribution is 2.19. The molecule has 0 aliphatic carbocycles. The van der Waals surface area contributed by atoms with E-state index in [1.807, 2.05) is 10.6 Å². The number of hydrogen-bond acceptors (Lipinski definition) is 3. The molecule has 6 nitrogen and oxygen atoms in total. The summed E-state index contributed by atoms with van der Waals surface area (Å²) in [6, 6.07) is 1.81. The van der Waals surface area contributed by atoms with Gasteiger partial charge in [-0.3, -0.25) is 14.4 Å². The summed E-state index contributed by atoms with van der Waals surface area (Å²) in [4.78, 5) is 32.8. The van der Waals surface area contributed by atoms with E-state index >= 15 is 0 Å². The third-order valence-corrected chi connectivity index (χ3v) is 2.54. The summed E-state index contributed by atoms with van der Waals surface area (Å²) in [5, 5.41) is 12.3. The van der Waals surface area contributed by atoms with Crippen LogP contribution in [0.2, 0.25) is 0 Å². The molecule has 0 fully saturated rings. The highest BCUT2D eigenvalue weighted by molar-refractivity contribution is 9.10. The van der Waals surface area contributed by atoms with Crippen molar-refractivity contribution in [2.75, 3.05) is 13.1 Å². The highest BCUT2D eigenvalue weighted by atomic mass is 79.9. The van der Waals surface area contributed by atoms with Crippen molar-refractivity contribution in [1.82, 2.24) is 10.6 Å². The van der Waals surface area contributed by atoms with Gasteiger partial charge in [-0.25, -0.2) is 8.78 Å². The Balaban J connectivity index is 2.64. The van der Waals surface area contributed by atoms with E-state index in [4.69, 9.17) is 5.11 Å². The molecule has 0 aliphatic rings. The minimum atomic E-state index is -1.25. The summed E-state index contributed by atoms with van der Waals surface area (Å²) >= 11 is 2.86. The lowest BCUT2D eigenvalue weighted by Gasteiger charge is -2.07. The van der Waals surface area contributed by atoms with Gasteiger partial charge in [-0.15, -0.1) is 0 Å². The van der Waals surface area contributed by atoms with E-state index in [0.717, 1.165) is 12.1 Å². The van der Waals surface area contributed by atoms with E-state index in [1.54, 1.807) is 0 Å². The van der Waals surface area contributed by atoms with E-state index in [-0.39, 0.29) is 4.47 Å². The van der Waals surface area contributed by atoms with Gasteiger partial charge in [0.25, 0.3) is 5.91 Å². The van der Waals surface area contributed by atoms with Gasteiger partial charge in [0.2, 0.25) is 5.91 Å². The fraction of sp³-hybridized carbons (Fsp3) is 0.182. The van der Waals surface area contributed by atoms with Gasteiger partial charge < -0.3 is 15.7 Å². The van der Waals surface area contributed by atoms with Gasteiger partial charge in [-0.05, 0) is 12.1 Å². The number of aliphatic carboxylic acids is 1. The van der Waals surface area contributed by atoms with Gasteiger partial charge in [0, 0.05) is 4.47 Å². The lowest BCUT2D eigenvalue weighted by atomic mass is 10.2. The number of halogens is 3. The van der Waals surface area contributed by atoms with E-state index < -0.39 is 48.1 Å². The van der Waals surface area contributed by atoms with Crippen LogP contribution in [-0.2, 0) is 9.59 Å². The highest BCUT2D eigenvalue weighted by Gasteiger charge is 2.18. The summed E-state index contributed by atoms with van der Waals surface area (Å²) in [7, 11) is 0. The largest absolute Gasteiger partial charge is 0.480 e. The molecule has 20 heavy (non-hydrogen) atoms. The summed E-state index contributed by atoms with van der Waals surface area (Å²) in [6.07, 6.45) is 0. The Bertz CT molecular complexity index is 542. The van der Waals surface area contributed by atoms with Gasteiger partial charge in [0.1, 0.15) is 23.7 Å². The van der Waals surface area contributed by atoms with Gasteiger partial charge in [-0.2, -0.15) is 0 Å². The van der Waals surface area contributed by atoms with Crippen LogP contribution in [-0.4, -0.2) is 36.0 Å². The van der Waals surface area contributed by atoms with Crippen LogP contribution in [0, 0.1) is 11.6 Å². The first-order chi connectivity index (χ1) is 9.31. The van der Waals surface area contributed by atoms with Crippen LogP contribution in [0.5, 0.6) is 0 Å². The number of hydrogen-bond donors (Lipinski definition) is 3. The van der Waals surface area contributed by atoms with Crippen molar-refractivity contribution in [3.8, 4) is 0 Å². The molecule has 0 bridgehead atoms. The zero-order chi connectivity index (χ0) is 15.3. The Kier molecular flexibility index (Phi) is 5.56. The Hall–Kier alpha value is -2.03. The van der Waals surface area contributed by atoms with Crippen molar-refractivity contribution >= 4 is 33.7 Å². The fourth-order valence-corrected chi connectivity index (χ4v) is 1.65. The maximum absolute atomic E-state index is 13.4. The SMILES string of the molecule is O=C(O)CNC(=O)CNC(=O)c1c(F)cc(Br)cc1F. The average molecular weight is 351 g/mol. The number of carbonyl (C=O) groups is 3. The zero-order valence-corrected chi connectivity index (χ0v) is 11.5. The molecule has 0 aliphatic heterocycles. The van der Waals surface area contributed by atoms with Gasteiger partial charge in [-0.1, -0.05) is 15.9 Å². The van der Waals surface area contributed by atoms with Crippen LogP contribution in [0.3, 0.4) is 0 Å². The minimum absolute atomic E-state index is 0.128. The van der Waals surface area contributed by atoms with Crippen LogP contribution in [0.1, 0.15) is 10.4 Å². The first-order valence-corrected chi connectivity index (χ1v) is 6.01. The second kappa shape index (κ2) is 6.94. The Labute approximate surface area is 120 Å². The van der Waals surface area contributed by atoms with Crippen molar-refractivity contribution in [2.45, 2.75) is 0 Å². The number of rotatable bonds is 5. The molecule has 0 radical (unpaired) electrons. The number of carboxylic acid groups (broad SMARTS) is 1. The van der Waals surface area contributed by atoms with Crippen LogP contribution >= 0.6 is 15.9 Å². The smallest absolute Gasteiger partial charge is 0.322 e. The molecular formula is C11H9BrF2N2O4. The van der Waals surface area contributed by atoms with Crippen molar-refractivity contribution in [1.29, 1.82) is 0 Å². The van der Waals surface area contributed by atoms with Crippen molar-refractivity contribution in [3.05, 3.63) is 33.8 Å². The maximum atomic E-state index is 13.4. The molecule has 0 saturated carbocycles. The minimum Gasteiger partial charge on any atom is -0.480 e. The zero-order valence-electron chi connectivity index (χ0n) is 9.87. The first-order valence-electron chi connectivity index (χ1n) is 5.22. The first kappa shape index (κ1) is 16.0. The molecule has 1 aromatic carbocycles. The average Bonchev–Trinajstić information content (AvgIpc) is 2.32. The second-order valence-electron chi connectivity index (χ2n) is 3.60.